The van der Waals surface area contributed by atoms with E-state index in [2.05, 4.69) is 5.32 Å². The minimum absolute atomic E-state index is 0.104. The fourth-order valence-corrected chi connectivity index (χ4v) is 4.18. The zero-order valence-electron chi connectivity index (χ0n) is 20.1. The number of aryl methyl sites for hydroxylation is 3. The minimum atomic E-state index is -0.256. The molecule has 4 aromatic rings. The van der Waals surface area contributed by atoms with Gasteiger partial charge in [-0.1, -0.05) is 42.8 Å². The predicted molar refractivity (Wildman–Crippen MR) is 134 cm³/mol. The van der Waals surface area contributed by atoms with Crippen molar-refractivity contribution in [1.82, 2.24) is 19.7 Å². The van der Waals surface area contributed by atoms with Crippen molar-refractivity contribution in [2.75, 3.05) is 6.61 Å². The van der Waals surface area contributed by atoms with Crippen molar-refractivity contribution in [3.63, 3.8) is 0 Å². The van der Waals surface area contributed by atoms with Crippen LogP contribution in [0.5, 0.6) is 5.75 Å². The van der Waals surface area contributed by atoms with Crippen molar-refractivity contribution < 1.29 is 9.53 Å². The molecule has 1 amide bonds. The molecule has 2 aromatic heterocycles. The van der Waals surface area contributed by atoms with Gasteiger partial charge in [-0.05, 0) is 51.0 Å². The molecule has 2 heterocycles. The van der Waals surface area contributed by atoms with Crippen molar-refractivity contribution >= 4 is 16.9 Å². The summed E-state index contributed by atoms with van der Waals surface area (Å²) in [7, 11) is 0. The lowest BCUT2D eigenvalue weighted by Crippen LogP contribution is -2.33. The number of pyridine rings is 1. The van der Waals surface area contributed by atoms with Gasteiger partial charge in [0.05, 0.1) is 18.0 Å². The maximum atomic E-state index is 13.1. The third kappa shape index (κ3) is 4.59. The summed E-state index contributed by atoms with van der Waals surface area (Å²) < 4.78 is 8.93. The van der Waals surface area contributed by atoms with Crippen molar-refractivity contribution in [2.24, 2.45) is 0 Å². The van der Waals surface area contributed by atoms with Gasteiger partial charge >= 0.3 is 0 Å². The number of hydrogen-bond acceptors (Lipinski definition) is 4. The van der Waals surface area contributed by atoms with Crippen molar-refractivity contribution in [2.45, 2.75) is 47.2 Å². The van der Waals surface area contributed by atoms with Crippen molar-refractivity contribution in [3.8, 4) is 11.4 Å². The number of benzene rings is 2. The van der Waals surface area contributed by atoms with Gasteiger partial charge in [-0.15, -0.1) is 0 Å². The van der Waals surface area contributed by atoms with Gasteiger partial charge in [0.15, 0.2) is 0 Å². The van der Waals surface area contributed by atoms with Crippen LogP contribution in [0.15, 0.2) is 59.4 Å². The number of fused-ring (bicyclic) bond motifs is 1. The molecule has 0 aliphatic rings. The topological polar surface area (TPSA) is 78.2 Å². The van der Waals surface area contributed by atoms with E-state index < -0.39 is 0 Å². The highest BCUT2D eigenvalue weighted by Crippen LogP contribution is 2.25. The molecular weight excluding hydrogens is 428 g/mol. The van der Waals surface area contributed by atoms with Crippen LogP contribution in [0.3, 0.4) is 0 Å². The first kappa shape index (κ1) is 23.3. The van der Waals surface area contributed by atoms with Gasteiger partial charge in [-0.3, -0.25) is 14.2 Å². The van der Waals surface area contributed by atoms with E-state index >= 15 is 0 Å². The molecule has 0 aliphatic carbocycles. The van der Waals surface area contributed by atoms with Crippen molar-refractivity contribution in [1.29, 1.82) is 0 Å². The molecule has 0 bridgehead atoms. The zero-order valence-corrected chi connectivity index (χ0v) is 20.1. The lowest BCUT2D eigenvalue weighted by atomic mass is 10.1. The first-order valence-electron chi connectivity index (χ1n) is 11.6. The first-order valence-corrected chi connectivity index (χ1v) is 11.6. The molecular formula is C27H30N4O3. The highest BCUT2D eigenvalue weighted by atomic mass is 16.5. The molecule has 7 heteroatoms. The normalized spacial score (nSPS) is 11.1. The number of aromatic nitrogens is 3. The van der Waals surface area contributed by atoms with E-state index in [4.69, 9.17) is 9.84 Å². The molecule has 2 aromatic carbocycles. The summed E-state index contributed by atoms with van der Waals surface area (Å²) in [6.07, 6.45) is 0.702. The second-order valence-corrected chi connectivity index (χ2v) is 8.30. The number of carbonyl (C=O) groups is 1. The van der Waals surface area contributed by atoms with Gasteiger partial charge < -0.3 is 10.1 Å². The third-order valence-corrected chi connectivity index (χ3v) is 5.89. The molecule has 0 aliphatic heterocycles. The van der Waals surface area contributed by atoms with Gasteiger partial charge in [0, 0.05) is 23.6 Å². The molecule has 0 saturated carbocycles. The number of amides is 1. The van der Waals surface area contributed by atoms with Crippen molar-refractivity contribution in [3.05, 3.63) is 87.3 Å². The summed E-state index contributed by atoms with van der Waals surface area (Å²) in [4.78, 5) is 26.1. The average Bonchev–Trinajstić information content (AvgIpc) is 3.18. The van der Waals surface area contributed by atoms with Crippen LogP contribution in [0.25, 0.3) is 16.7 Å². The predicted octanol–water partition coefficient (Wildman–Crippen LogP) is 4.08. The van der Waals surface area contributed by atoms with Gasteiger partial charge in [0.25, 0.3) is 5.56 Å². The smallest absolute Gasteiger partial charge is 0.252 e. The van der Waals surface area contributed by atoms with Gasteiger partial charge in [-0.25, -0.2) is 4.68 Å². The number of carbonyl (C=O) groups excluding carboxylic acids is 1. The Morgan fingerprint density at radius 1 is 1.03 bits per heavy atom. The fourth-order valence-electron chi connectivity index (χ4n) is 4.18. The summed E-state index contributed by atoms with van der Waals surface area (Å²) in [6.45, 7) is 8.66. The molecule has 0 spiro atoms. The van der Waals surface area contributed by atoms with Gasteiger partial charge in [-0.2, -0.15) is 5.10 Å². The van der Waals surface area contributed by atoms with E-state index in [1.54, 1.807) is 10.7 Å². The van der Waals surface area contributed by atoms with Gasteiger partial charge in [0.1, 0.15) is 17.9 Å². The van der Waals surface area contributed by atoms with E-state index in [9.17, 15) is 9.59 Å². The molecule has 7 nitrogen and oxygen atoms in total. The average molecular weight is 459 g/mol. The summed E-state index contributed by atoms with van der Waals surface area (Å²) in [5, 5.41) is 8.59. The molecule has 0 saturated heterocycles. The molecule has 34 heavy (non-hydrogen) atoms. The molecule has 176 valence electrons. The van der Waals surface area contributed by atoms with E-state index in [1.165, 1.54) is 4.57 Å². The zero-order chi connectivity index (χ0) is 24.2. The molecule has 1 N–H and O–H groups in total. The van der Waals surface area contributed by atoms with E-state index in [-0.39, 0.29) is 18.0 Å². The van der Waals surface area contributed by atoms with E-state index in [0.29, 0.717) is 25.2 Å². The number of hydrogen-bond donors (Lipinski definition) is 1. The number of nitrogens with zero attached hydrogens (tertiary/aromatic N) is 3. The Kier molecular flexibility index (Phi) is 6.82. The van der Waals surface area contributed by atoms with Crippen LogP contribution in [0.2, 0.25) is 0 Å². The summed E-state index contributed by atoms with van der Waals surface area (Å²) in [5.74, 6) is 0.485. The van der Waals surface area contributed by atoms with Crippen LogP contribution in [-0.4, -0.2) is 26.9 Å². The maximum Gasteiger partial charge on any atom is 0.252 e. The number of ether oxygens (including phenoxy) is 1. The molecule has 0 atom stereocenters. The van der Waals surface area contributed by atoms with E-state index in [0.717, 1.165) is 39.2 Å². The summed E-state index contributed by atoms with van der Waals surface area (Å²) >= 11 is 0. The van der Waals surface area contributed by atoms with Gasteiger partial charge in [0.2, 0.25) is 5.91 Å². The highest BCUT2D eigenvalue weighted by molar-refractivity contribution is 5.86. The van der Waals surface area contributed by atoms with Crippen LogP contribution >= 0.6 is 0 Å². The second-order valence-electron chi connectivity index (χ2n) is 8.30. The SMILES string of the molecule is CCOc1ccccc1CNC(=O)Cn1c(=O)cc(CC)c2c(C)nn(-c3ccc(C)cc3)c21. The Morgan fingerprint density at radius 2 is 1.76 bits per heavy atom. The summed E-state index contributed by atoms with van der Waals surface area (Å²) in [5.41, 5.74) is 5.03. The highest BCUT2D eigenvalue weighted by Gasteiger charge is 2.19. The quantitative estimate of drug-likeness (QED) is 0.432. The Bertz CT molecular complexity index is 1380. The molecule has 0 fully saturated rings. The van der Waals surface area contributed by atoms with E-state index in [1.807, 2.05) is 76.2 Å². The van der Waals surface area contributed by atoms with Crippen LogP contribution in [0.1, 0.15) is 36.2 Å². The standard InChI is InChI=1S/C27H30N4O3/c1-5-20-15-25(33)30(17-24(32)28-16-21-9-7-8-10-23(21)34-6-2)27-26(20)19(4)29-31(27)22-13-11-18(3)12-14-22/h7-15H,5-6,16-17H2,1-4H3,(H,28,32). The van der Waals surface area contributed by atoms with Crippen LogP contribution < -0.4 is 15.6 Å². The Labute approximate surface area is 199 Å². The third-order valence-electron chi connectivity index (χ3n) is 5.89. The largest absolute Gasteiger partial charge is 0.494 e. The minimum Gasteiger partial charge on any atom is -0.494 e. The van der Waals surface area contributed by atoms with Crippen LogP contribution in [-0.2, 0) is 24.3 Å². The lowest BCUT2D eigenvalue weighted by Gasteiger charge is -2.14. The molecule has 0 unspecified atom stereocenters. The number of rotatable bonds is 8. The lowest BCUT2D eigenvalue weighted by molar-refractivity contribution is -0.121. The second kappa shape index (κ2) is 9.95. The Morgan fingerprint density at radius 3 is 2.47 bits per heavy atom. The first-order chi connectivity index (χ1) is 16.4. The monoisotopic (exact) mass is 458 g/mol. The number of nitrogens with one attached hydrogen (secondary N) is 1. The fraction of sp³-hybridized carbons (Fsp3) is 0.296. The Hall–Kier alpha value is -3.87. The Balaban J connectivity index is 1.71. The summed E-state index contributed by atoms with van der Waals surface area (Å²) in [6, 6.07) is 17.2. The van der Waals surface area contributed by atoms with Crippen LogP contribution in [0.4, 0.5) is 0 Å². The molecule has 0 radical (unpaired) electrons. The molecule has 4 rings (SSSR count). The van der Waals surface area contributed by atoms with Crippen LogP contribution in [0, 0.1) is 13.8 Å². The number of para-hydroxylation sites is 1. The maximum absolute atomic E-state index is 13.1.